The van der Waals surface area contributed by atoms with Crippen molar-refractivity contribution in [3.8, 4) is 0 Å². The van der Waals surface area contributed by atoms with Crippen molar-refractivity contribution in [1.82, 2.24) is 9.88 Å². The van der Waals surface area contributed by atoms with Gasteiger partial charge in [-0.15, -0.1) is 0 Å². The molecule has 1 aromatic carbocycles. The van der Waals surface area contributed by atoms with E-state index in [4.69, 9.17) is 10.5 Å². The van der Waals surface area contributed by atoms with Crippen LogP contribution in [-0.4, -0.2) is 35.6 Å². The molecule has 0 radical (unpaired) electrons. The van der Waals surface area contributed by atoms with Gasteiger partial charge in [0.15, 0.2) is 0 Å². The molecule has 0 unspecified atom stereocenters. The lowest BCUT2D eigenvalue weighted by Crippen LogP contribution is -2.33. The van der Waals surface area contributed by atoms with Crippen LogP contribution < -0.4 is 16.6 Å². The van der Waals surface area contributed by atoms with Crippen LogP contribution in [0.5, 0.6) is 0 Å². The third-order valence-corrected chi connectivity index (χ3v) is 4.58. The molecular formula is C20H23N3O4. The van der Waals surface area contributed by atoms with Crippen molar-refractivity contribution in [2.75, 3.05) is 13.2 Å². The fourth-order valence-electron chi connectivity index (χ4n) is 2.96. The van der Waals surface area contributed by atoms with Crippen LogP contribution in [0.4, 0.5) is 0 Å². The van der Waals surface area contributed by atoms with E-state index in [0.29, 0.717) is 19.1 Å². The summed E-state index contributed by atoms with van der Waals surface area (Å²) in [6.45, 7) is 3.43. The molecule has 2 aromatic rings. The van der Waals surface area contributed by atoms with Crippen LogP contribution in [0, 0.1) is 5.92 Å². The molecule has 1 saturated carbocycles. The number of carbonyl (C=O) groups excluding carboxylic acids is 2. The first-order valence-electron chi connectivity index (χ1n) is 8.96. The van der Waals surface area contributed by atoms with E-state index in [-0.39, 0.29) is 29.6 Å². The van der Waals surface area contributed by atoms with Crippen molar-refractivity contribution in [2.45, 2.75) is 25.9 Å². The van der Waals surface area contributed by atoms with Gasteiger partial charge >= 0.3 is 0 Å². The van der Waals surface area contributed by atoms with Crippen LogP contribution >= 0.6 is 0 Å². The molecule has 142 valence electrons. The number of benzene rings is 1. The number of nitrogens with two attached hydrogens (primary N) is 1. The van der Waals surface area contributed by atoms with Crippen LogP contribution in [0.3, 0.4) is 0 Å². The van der Waals surface area contributed by atoms with Crippen LogP contribution in [0.1, 0.15) is 39.6 Å². The third-order valence-electron chi connectivity index (χ3n) is 4.58. The summed E-state index contributed by atoms with van der Waals surface area (Å²) in [5.74, 6) is -0.875. The smallest absolute Gasteiger partial charge is 0.263 e. The second kappa shape index (κ2) is 8.18. The summed E-state index contributed by atoms with van der Waals surface area (Å²) in [6.07, 6.45) is 2.33. The van der Waals surface area contributed by atoms with E-state index in [1.807, 2.05) is 37.3 Å². The molecule has 1 aliphatic carbocycles. The van der Waals surface area contributed by atoms with Crippen molar-refractivity contribution >= 4 is 11.8 Å². The van der Waals surface area contributed by atoms with Crippen molar-refractivity contribution in [3.63, 3.8) is 0 Å². The molecule has 1 aliphatic rings. The molecule has 7 nitrogen and oxygen atoms in total. The summed E-state index contributed by atoms with van der Waals surface area (Å²) in [5.41, 5.74) is 5.75. The molecule has 1 aromatic heterocycles. The van der Waals surface area contributed by atoms with Gasteiger partial charge in [0.25, 0.3) is 17.4 Å². The molecule has 1 fully saturated rings. The maximum Gasteiger partial charge on any atom is 0.263 e. The van der Waals surface area contributed by atoms with Gasteiger partial charge < -0.3 is 20.4 Å². The van der Waals surface area contributed by atoms with E-state index >= 15 is 0 Å². The number of aromatic nitrogens is 1. The van der Waals surface area contributed by atoms with E-state index in [1.165, 1.54) is 16.8 Å². The zero-order valence-corrected chi connectivity index (χ0v) is 15.2. The molecule has 0 saturated heterocycles. The van der Waals surface area contributed by atoms with E-state index < -0.39 is 11.5 Å². The summed E-state index contributed by atoms with van der Waals surface area (Å²) in [4.78, 5) is 36.8. The highest BCUT2D eigenvalue weighted by atomic mass is 16.5. The number of nitrogens with one attached hydrogen (secondary N) is 1. The summed E-state index contributed by atoms with van der Waals surface area (Å²) in [7, 11) is 0. The van der Waals surface area contributed by atoms with Gasteiger partial charge in [0, 0.05) is 24.8 Å². The number of nitrogens with zero attached hydrogens (tertiary/aromatic N) is 1. The second-order valence-corrected chi connectivity index (χ2v) is 6.66. The number of carbonyl (C=O) groups is 2. The Morgan fingerprint density at radius 2 is 2.04 bits per heavy atom. The van der Waals surface area contributed by atoms with Crippen molar-refractivity contribution in [2.24, 2.45) is 11.7 Å². The van der Waals surface area contributed by atoms with E-state index in [2.05, 4.69) is 5.32 Å². The standard InChI is InChI=1S/C20H23N3O4/c1-2-27-12-15-9-17(15)22-19(25)14-8-16(18(21)24)20(26)23(11-14)10-13-6-4-3-5-7-13/h3-8,11,15,17H,2,9-10,12H2,1H3,(H2,21,24)(H,22,25)/t15-,17+/m0/s1. The van der Waals surface area contributed by atoms with E-state index in [9.17, 15) is 14.4 Å². The van der Waals surface area contributed by atoms with Crippen molar-refractivity contribution < 1.29 is 14.3 Å². The highest BCUT2D eigenvalue weighted by Gasteiger charge is 2.38. The summed E-state index contributed by atoms with van der Waals surface area (Å²) < 4.78 is 6.71. The highest BCUT2D eigenvalue weighted by molar-refractivity contribution is 5.98. The summed E-state index contributed by atoms with van der Waals surface area (Å²) >= 11 is 0. The zero-order valence-electron chi connectivity index (χ0n) is 15.2. The SMILES string of the molecule is CCOC[C@@H]1C[C@H]1NC(=O)c1cc(C(N)=O)c(=O)n(Cc2ccccc2)c1. The van der Waals surface area contributed by atoms with E-state index in [1.54, 1.807) is 0 Å². The monoisotopic (exact) mass is 369 g/mol. The number of primary amides is 1. The number of pyridine rings is 1. The minimum Gasteiger partial charge on any atom is -0.381 e. The minimum atomic E-state index is -0.850. The fourth-order valence-corrected chi connectivity index (χ4v) is 2.96. The first-order valence-corrected chi connectivity index (χ1v) is 8.96. The Bertz CT molecular complexity index is 892. The predicted molar refractivity (Wildman–Crippen MR) is 101 cm³/mol. The number of hydrogen-bond donors (Lipinski definition) is 2. The van der Waals surface area contributed by atoms with Gasteiger partial charge in [-0.3, -0.25) is 14.4 Å². The lowest BCUT2D eigenvalue weighted by atomic mass is 10.1. The quantitative estimate of drug-likeness (QED) is 0.728. The maximum atomic E-state index is 12.6. The molecule has 27 heavy (non-hydrogen) atoms. The van der Waals surface area contributed by atoms with Crippen LogP contribution in [0.15, 0.2) is 47.4 Å². The summed E-state index contributed by atoms with van der Waals surface area (Å²) in [6, 6.07) is 10.6. The minimum absolute atomic E-state index is 0.0515. The van der Waals surface area contributed by atoms with Crippen LogP contribution in [-0.2, 0) is 11.3 Å². The molecular weight excluding hydrogens is 346 g/mol. The van der Waals surface area contributed by atoms with Crippen LogP contribution in [0.25, 0.3) is 0 Å². The van der Waals surface area contributed by atoms with Gasteiger partial charge in [0.1, 0.15) is 5.56 Å². The Morgan fingerprint density at radius 3 is 2.70 bits per heavy atom. The molecule has 2 atom stereocenters. The Hall–Kier alpha value is -2.93. The van der Waals surface area contributed by atoms with Gasteiger partial charge in [0.2, 0.25) is 0 Å². The Balaban J connectivity index is 1.81. The number of rotatable bonds is 8. The van der Waals surface area contributed by atoms with Crippen LogP contribution in [0.2, 0.25) is 0 Å². The van der Waals surface area contributed by atoms with Gasteiger partial charge in [-0.25, -0.2) is 0 Å². The first-order chi connectivity index (χ1) is 13.0. The fraction of sp³-hybridized carbons (Fsp3) is 0.350. The van der Waals surface area contributed by atoms with Gasteiger partial charge in [-0.2, -0.15) is 0 Å². The Labute approximate surface area is 157 Å². The molecule has 1 heterocycles. The highest BCUT2D eigenvalue weighted by Crippen LogP contribution is 2.30. The van der Waals surface area contributed by atoms with Gasteiger partial charge in [0.05, 0.1) is 18.7 Å². The molecule has 3 rings (SSSR count). The molecule has 0 aliphatic heterocycles. The van der Waals surface area contributed by atoms with E-state index in [0.717, 1.165) is 12.0 Å². The average Bonchev–Trinajstić information content (AvgIpc) is 3.39. The molecule has 3 N–H and O–H groups in total. The molecule has 7 heteroatoms. The van der Waals surface area contributed by atoms with Crippen molar-refractivity contribution in [3.05, 3.63) is 69.6 Å². The maximum absolute atomic E-state index is 12.6. The number of amides is 2. The first kappa shape index (κ1) is 18.8. The normalized spacial score (nSPS) is 18.1. The summed E-state index contributed by atoms with van der Waals surface area (Å²) in [5, 5.41) is 2.92. The second-order valence-electron chi connectivity index (χ2n) is 6.66. The Morgan fingerprint density at radius 1 is 1.30 bits per heavy atom. The molecule has 2 amide bonds. The topological polar surface area (TPSA) is 103 Å². The third kappa shape index (κ3) is 4.62. The zero-order chi connectivity index (χ0) is 19.4. The Kier molecular flexibility index (Phi) is 5.71. The molecule has 0 spiro atoms. The lowest BCUT2D eigenvalue weighted by molar-refractivity contribution is 0.0940. The lowest BCUT2D eigenvalue weighted by Gasteiger charge is -2.11. The van der Waals surface area contributed by atoms with Crippen molar-refractivity contribution in [1.29, 1.82) is 0 Å². The van der Waals surface area contributed by atoms with Gasteiger partial charge in [-0.05, 0) is 25.0 Å². The molecule has 0 bridgehead atoms. The largest absolute Gasteiger partial charge is 0.381 e. The number of ether oxygens (including phenoxy) is 1. The predicted octanol–water partition coefficient (Wildman–Crippen LogP) is 1.15. The van der Waals surface area contributed by atoms with Gasteiger partial charge in [-0.1, -0.05) is 30.3 Å². The average molecular weight is 369 g/mol. The number of hydrogen-bond acceptors (Lipinski definition) is 4.